The van der Waals surface area contributed by atoms with Crippen LogP contribution in [0.2, 0.25) is 0 Å². The van der Waals surface area contributed by atoms with E-state index in [2.05, 4.69) is 0 Å². The van der Waals surface area contributed by atoms with Gasteiger partial charge in [0.1, 0.15) is 0 Å². The van der Waals surface area contributed by atoms with Gasteiger partial charge in [0.25, 0.3) is 0 Å². The van der Waals surface area contributed by atoms with E-state index in [-0.39, 0.29) is 6.61 Å². The van der Waals surface area contributed by atoms with Crippen LogP contribution in [-0.4, -0.2) is 11.7 Å². The molecule has 0 radical (unpaired) electrons. The van der Waals surface area contributed by atoms with Crippen molar-refractivity contribution in [2.75, 3.05) is 6.61 Å². The normalized spacial score (nSPS) is 14.0. The predicted octanol–water partition coefficient (Wildman–Crippen LogP) is 3.34. The molecule has 0 aliphatic rings. The van der Waals surface area contributed by atoms with Gasteiger partial charge in [-0.3, -0.25) is 0 Å². The SMILES string of the molecule is C/C=C/C=C/C=C/C=C/C=C/C=C/CO. The zero-order valence-electron chi connectivity index (χ0n) is 9.08. The van der Waals surface area contributed by atoms with Crippen molar-refractivity contribution in [3.8, 4) is 0 Å². The van der Waals surface area contributed by atoms with Crippen molar-refractivity contribution in [1.29, 1.82) is 0 Å². The van der Waals surface area contributed by atoms with Crippen LogP contribution >= 0.6 is 0 Å². The van der Waals surface area contributed by atoms with Gasteiger partial charge in [0.2, 0.25) is 0 Å². The maximum Gasteiger partial charge on any atom is 0.0615 e. The van der Waals surface area contributed by atoms with E-state index in [0.29, 0.717) is 0 Å². The summed E-state index contributed by atoms with van der Waals surface area (Å²) >= 11 is 0. The molecule has 0 unspecified atom stereocenters. The largest absolute Gasteiger partial charge is 0.392 e. The van der Waals surface area contributed by atoms with Crippen LogP contribution in [0.25, 0.3) is 0 Å². The van der Waals surface area contributed by atoms with Gasteiger partial charge in [-0.15, -0.1) is 0 Å². The van der Waals surface area contributed by atoms with Crippen molar-refractivity contribution < 1.29 is 5.11 Å². The Kier molecular flexibility index (Phi) is 11.1. The molecule has 0 rings (SSSR count). The Balaban J connectivity index is 3.70. The molecule has 1 heteroatoms. The second kappa shape index (κ2) is 12.4. The van der Waals surface area contributed by atoms with Gasteiger partial charge in [-0.25, -0.2) is 0 Å². The number of rotatable bonds is 6. The topological polar surface area (TPSA) is 20.2 Å². The monoisotopic (exact) mass is 202 g/mol. The molecule has 0 atom stereocenters. The summed E-state index contributed by atoms with van der Waals surface area (Å²) < 4.78 is 0. The lowest BCUT2D eigenvalue weighted by molar-refractivity contribution is 0.343. The maximum atomic E-state index is 8.45. The van der Waals surface area contributed by atoms with E-state index in [1.54, 1.807) is 12.2 Å². The highest BCUT2D eigenvalue weighted by Gasteiger charge is 1.64. The van der Waals surface area contributed by atoms with Crippen molar-refractivity contribution >= 4 is 0 Å². The van der Waals surface area contributed by atoms with E-state index in [0.717, 1.165) is 0 Å². The first kappa shape index (κ1) is 13.4. The molecule has 0 spiro atoms. The van der Waals surface area contributed by atoms with E-state index in [1.807, 2.05) is 67.7 Å². The Morgan fingerprint density at radius 1 is 0.667 bits per heavy atom. The van der Waals surface area contributed by atoms with Crippen LogP contribution in [0.4, 0.5) is 0 Å². The van der Waals surface area contributed by atoms with Gasteiger partial charge >= 0.3 is 0 Å². The lowest BCUT2D eigenvalue weighted by Crippen LogP contribution is -1.66. The van der Waals surface area contributed by atoms with Gasteiger partial charge in [-0.05, 0) is 6.92 Å². The summed E-state index contributed by atoms with van der Waals surface area (Å²) in [4.78, 5) is 0. The molecule has 0 aromatic heterocycles. The summed E-state index contributed by atoms with van der Waals surface area (Å²) in [6.07, 6.45) is 23.0. The quantitative estimate of drug-likeness (QED) is 0.655. The third-order valence-electron chi connectivity index (χ3n) is 1.43. The first-order valence-electron chi connectivity index (χ1n) is 4.97. The van der Waals surface area contributed by atoms with Gasteiger partial charge in [0, 0.05) is 0 Å². The highest BCUT2D eigenvalue weighted by molar-refractivity contribution is 5.19. The fourth-order valence-electron chi connectivity index (χ4n) is 0.764. The van der Waals surface area contributed by atoms with Crippen molar-refractivity contribution in [3.63, 3.8) is 0 Å². The molecule has 0 bridgehead atoms. The van der Waals surface area contributed by atoms with E-state index >= 15 is 0 Å². The fourth-order valence-corrected chi connectivity index (χ4v) is 0.764. The Morgan fingerprint density at radius 3 is 1.47 bits per heavy atom. The number of aliphatic hydroxyl groups excluding tert-OH is 1. The van der Waals surface area contributed by atoms with Crippen LogP contribution in [0.5, 0.6) is 0 Å². The number of aliphatic hydroxyl groups is 1. The van der Waals surface area contributed by atoms with Crippen LogP contribution < -0.4 is 0 Å². The average molecular weight is 202 g/mol. The average Bonchev–Trinajstić information content (AvgIpc) is 2.26. The Bertz CT molecular complexity index is 288. The molecule has 0 saturated heterocycles. The summed E-state index contributed by atoms with van der Waals surface area (Å²) in [6.45, 7) is 2.07. The molecular formula is C14H18O. The fraction of sp³-hybridized carbons (Fsp3) is 0.143. The first-order valence-corrected chi connectivity index (χ1v) is 4.97. The third-order valence-corrected chi connectivity index (χ3v) is 1.43. The van der Waals surface area contributed by atoms with Crippen LogP contribution in [0.15, 0.2) is 72.9 Å². The van der Waals surface area contributed by atoms with Gasteiger partial charge in [0.05, 0.1) is 6.61 Å². The van der Waals surface area contributed by atoms with Crippen LogP contribution in [-0.2, 0) is 0 Å². The lowest BCUT2D eigenvalue weighted by Gasteiger charge is -1.75. The van der Waals surface area contributed by atoms with E-state index in [1.165, 1.54) is 0 Å². The van der Waals surface area contributed by atoms with Gasteiger partial charge in [-0.1, -0.05) is 72.9 Å². The molecule has 15 heavy (non-hydrogen) atoms. The van der Waals surface area contributed by atoms with Crippen LogP contribution in [0, 0.1) is 0 Å². The Hall–Kier alpha value is -1.60. The van der Waals surface area contributed by atoms with E-state index in [9.17, 15) is 0 Å². The predicted molar refractivity (Wildman–Crippen MR) is 67.6 cm³/mol. The van der Waals surface area contributed by atoms with Gasteiger partial charge < -0.3 is 5.11 Å². The maximum absolute atomic E-state index is 8.45. The standard InChI is InChI=1S/C14H18O/c1-2-3-4-5-6-7-8-9-10-11-12-13-14-15/h2-13,15H,14H2,1H3/b3-2+,5-4+,7-6+,9-8+,11-10+,13-12+. The van der Waals surface area contributed by atoms with Gasteiger partial charge in [-0.2, -0.15) is 0 Å². The molecular weight excluding hydrogens is 184 g/mol. The summed E-state index contributed by atoms with van der Waals surface area (Å²) in [5.41, 5.74) is 0. The highest BCUT2D eigenvalue weighted by atomic mass is 16.2. The second-order valence-electron chi connectivity index (χ2n) is 2.68. The third kappa shape index (κ3) is 12.4. The van der Waals surface area contributed by atoms with Crippen molar-refractivity contribution in [2.24, 2.45) is 0 Å². The molecule has 0 fully saturated rings. The molecule has 0 amide bonds. The minimum absolute atomic E-state index is 0.0870. The number of hydrogen-bond donors (Lipinski definition) is 1. The molecule has 1 N–H and O–H groups in total. The van der Waals surface area contributed by atoms with Gasteiger partial charge in [0.15, 0.2) is 0 Å². The highest BCUT2D eigenvalue weighted by Crippen LogP contribution is 1.84. The van der Waals surface area contributed by atoms with Crippen LogP contribution in [0.3, 0.4) is 0 Å². The zero-order valence-corrected chi connectivity index (χ0v) is 9.08. The minimum atomic E-state index is 0.0870. The molecule has 0 aliphatic heterocycles. The van der Waals surface area contributed by atoms with E-state index in [4.69, 9.17) is 5.11 Å². The molecule has 80 valence electrons. The molecule has 0 saturated carbocycles. The van der Waals surface area contributed by atoms with Crippen molar-refractivity contribution in [2.45, 2.75) is 6.92 Å². The van der Waals surface area contributed by atoms with E-state index < -0.39 is 0 Å². The minimum Gasteiger partial charge on any atom is -0.392 e. The zero-order chi connectivity index (χ0) is 11.2. The lowest BCUT2D eigenvalue weighted by atomic mass is 10.3. The number of allylic oxidation sites excluding steroid dienone is 11. The van der Waals surface area contributed by atoms with Crippen molar-refractivity contribution in [3.05, 3.63) is 72.9 Å². The summed E-state index contributed by atoms with van der Waals surface area (Å²) in [7, 11) is 0. The summed E-state index contributed by atoms with van der Waals surface area (Å²) in [5, 5.41) is 8.45. The molecule has 0 aromatic carbocycles. The molecule has 0 aliphatic carbocycles. The molecule has 0 heterocycles. The molecule has 0 aromatic rings. The summed E-state index contributed by atoms with van der Waals surface area (Å²) in [5.74, 6) is 0. The second-order valence-corrected chi connectivity index (χ2v) is 2.68. The summed E-state index contributed by atoms with van der Waals surface area (Å²) in [6, 6.07) is 0. The number of hydrogen-bond acceptors (Lipinski definition) is 1. The first-order chi connectivity index (χ1) is 7.41. The smallest absolute Gasteiger partial charge is 0.0615 e. The Morgan fingerprint density at radius 2 is 1.07 bits per heavy atom. The van der Waals surface area contributed by atoms with Crippen LogP contribution in [0.1, 0.15) is 6.92 Å². The van der Waals surface area contributed by atoms with Crippen molar-refractivity contribution in [1.82, 2.24) is 0 Å². The Labute approximate surface area is 92.1 Å². The molecule has 1 nitrogen and oxygen atoms in total.